The van der Waals surface area contributed by atoms with E-state index in [2.05, 4.69) is 38.0 Å². The Morgan fingerprint density at radius 1 is 1.25 bits per heavy atom. The molecule has 1 aromatic rings. The summed E-state index contributed by atoms with van der Waals surface area (Å²) in [4.78, 5) is 28.5. The number of rotatable bonds is 9. The van der Waals surface area contributed by atoms with Crippen molar-refractivity contribution in [1.29, 1.82) is 0 Å². The first kappa shape index (κ1) is 22.6. The molecule has 158 valence electrons. The number of H-pyrrole nitrogens is 1. The lowest BCUT2D eigenvalue weighted by molar-refractivity contribution is -0.107. The number of methoxy groups -OCH3 is 2. The number of aromatic amines is 1. The number of amides is 1. The number of aromatic nitrogens is 1. The van der Waals surface area contributed by atoms with Gasteiger partial charge < -0.3 is 19.8 Å². The number of ketones is 1. The van der Waals surface area contributed by atoms with Crippen LogP contribution in [-0.4, -0.2) is 43.7 Å². The summed E-state index contributed by atoms with van der Waals surface area (Å²) in [5.41, 5.74) is 2.79. The summed E-state index contributed by atoms with van der Waals surface area (Å²) in [5, 5.41) is 3.05. The van der Waals surface area contributed by atoms with E-state index in [4.69, 9.17) is 9.47 Å². The molecular weight excluding hydrogens is 356 g/mol. The highest BCUT2D eigenvalue weighted by molar-refractivity contribution is 6.04. The molecule has 0 aliphatic heterocycles. The Morgan fingerprint density at radius 3 is 2.50 bits per heavy atom. The number of carbonyl (C=O) groups excluding carboxylic acids is 2. The lowest BCUT2D eigenvalue weighted by Gasteiger charge is -2.28. The zero-order chi connectivity index (χ0) is 21.1. The molecule has 2 rings (SSSR count). The highest BCUT2D eigenvalue weighted by Gasteiger charge is 2.35. The summed E-state index contributed by atoms with van der Waals surface area (Å²) in [6.07, 6.45) is 3.85. The Labute approximate surface area is 168 Å². The SMILES string of the molecule is COC(CCCC(C)(C)CNC(=O)c1[nH]c2c(c1C)C(=O)CC(C)(C)C2)OC. The lowest BCUT2D eigenvalue weighted by Crippen LogP contribution is -2.34. The Balaban J connectivity index is 1.97. The Kier molecular flexibility index (Phi) is 7.10. The summed E-state index contributed by atoms with van der Waals surface area (Å²) in [5.74, 6) is -0.0116. The molecule has 1 aliphatic rings. The van der Waals surface area contributed by atoms with Crippen LogP contribution >= 0.6 is 0 Å². The lowest BCUT2D eigenvalue weighted by atomic mass is 9.75. The quantitative estimate of drug-likeness (QED) is 0.622. The molecule has 0 radical (unpaired) electrons. The number of Topliss-reactive ketones (excluding diaryl/α,β-unsaturated/α-hetero) is 1. The largest absolute Gasteiger partial charge is 0.356 e. The molecule has 0 fully saturated rings. The van der Waals surface area contributed by atoms with Crippen LogP contribution < -0.4 is 5.32 Å². The molecule has 0 spiro atoms. The maximum absolute atomic E-state index is 12.8. The molecule has 6 nitrogen and oxygen atoms in total. The molecule has 0 bridgehead atoms. The third kappa shape index (κ3) is 5.45. The molecule has 28 heavy (non-hydrogen) atoms. The van der Waals surface area contributed by atoms with Gasteiger partial charge in [0.25, 0.3) is 5.91 Å². The number of nitrogens with one attached hydrogen (secondary N) is 2. The number of ether oxygens (including phenoxy) is 2. The zero-order valence-electron chi connectivity index (χ0n) is 18.5. The molecule has 1 aliphatic carbocycles. The van der Waals surface area contributed by atoms with Gasteiger partial charge in [-0.1, -0.05) is 27.7 Å². The third-order valence-corrected chi connectivity index (χ3v) is 5.67. The van der Waals surface area contributed by atoms with E-state index in [9.17, 15) is 9.59 Å². The summed E-state index contributed by atoms with van der Waals surface area (Å²) < 4.78 is 10.4. The van der Waals surface area contributed by atoms with Crippen molar-refractivity contribution in [1.82, 2.24) is 10.3 Å². The van der Waals surface area contributed by atoms with E-state index in [1.165, 1.54) is 0 Å². The highest BCUT2D eigenvalue weighted by atomic mass is 16.7. The van der Waals surface area contributed by atoms with E-state index in [-0.39, 0.29) is 28.8 Å². The van der Waals surface area contributed by atoms with Crippen molar-refractivity contribution in [2.24, 2.45) is 10.8 Å². The van der Waals surface area contributed by atoms with Crippen LogP contribution in [0.3, 0.4) is 0 Å². The van der Waals surface area contributed by atoms with Crippen molar-refractivity contribution >= 4 is 11.7 Å². The van der Waals surface area contributed by atoms with Gasteiger partial charge in [0.2, 0.25) is 0 Å². The maximum Gasteiger partial charge on any atom is 0.268 e. The average molecular weight is 393 g/mol. The fourth-order valence-corrected chi connectivity index (χ4v) is 4.04. The molecule has 1 heterocycles. The van der Waals surface area contributed by atoms with Gasteiger partial charge in [-0.3, -0.25) is 9.59 Å². The summed E-state index contributed by atoms with van der Waals surface area (Å²) >= 11 is 0. The Hall–Kier alpha value is -1.66. The van der Waals surface area contributed by atoms with E-state index in [0.717, 1.165) is 36.9 Å². The minimum Gasteiger partial charge on any atom is -0.356 e. The van der Waals surface area contributed by atoms with Crippen LogP contribution in [0.1, 0.15) is 85.5 Å². The molecule has 0 saturated heterocycles. The van der Waals surface area contributed by atoms with Gasteiger partial charge in [-0.25, -0.2) is 0 Å². The van der Waals surface area contributed by atoms with Gasteiger partial charge in [-0.2, -0.15) is 0 Å². The second-order valence-electron chi connectivity index (χ2n) is 9.56. The van der Waals surface area contributed by atoms with Crippen molar-refractivity contribution in [3.8, 4) is 0 Å². The molecule has 1 aromatic heterocycles. The summed E-state index contributed by atoms with van der Waals surface area (Å²) in [6.45, 7) is 10.9. The van der Waals surface area contributed by atoms with Crippen LogP contribution in [0.25, 0.3) is 0 Å². The predicted molar refractivity (Wildman–Crippen MR) is 110 cm³/mol. The van der Waals surface area contributed by atoms with Crippen molar-refractivity contribution in [2.75, 3.05) is 20.8 Å². The predicted octanol–water partition coefficient (Wildman–Crippen LogP) is 4.02. The monoisotopic (exact) mass is 392 g/mol. The first-order chi connectivity index (χ1) is 13.0. The third-order valence-electron chi connectivity index (χ3n) is 5.67. The van der Waals surface area contributed by atoms with E-state index >= 15 is 0 Å². The first-order valence-corrected chi connectivity index (χ1v) is 10.1. The molecular formula is C22H36N2O4. The number of hydrogen-bond donors (Lipinski definition) is 2. The number of fused-ring (bicyclic) bond motifs is 1. The fourth-order valence-electron chi connectivity index (χ4n) is 4.04. The standard InChI is InChI=1S/C22H36N2O4/c1-14-18-15(11-22(4,5)12-16(18)25)24-19(14)20(26)23-13-21(2,3)10-8-9-17(27-6)28-7/h17,24H,8-13H2,1-7H3,(H,23,26). The van der Waals surface area contributed by atoms with E-state index in [0.29, 0.717) is 24.2 Å². The van der Waals surface area contributed by atoms with Gasteiger partial charge in [0.05, 0.1) is 0 Å². The molecule has 0 unspecified atom stereocenters. The first-order valence-electron chi connectivity index (χ1n) is 10.1. The van der Waals surface area contributed by atoms with Gasteiger partial charge in [-0.15, -0.1) is 0 Å². The second-order valence-corrected chi connectivity index (χ2v) is 9.56. The van der Waals surface area contributed by atoms with Gasteiger partial charge in [-0.05, 0) is 49.0 Å². The van der Waals surface area contributed by atoms with Crippen LogP contribution in [0, 0.1) is 17.8 Å². The smallest absolute Gasteiger partial charge is 0.268 e. The minimum absolute atomic E-state index is 0.0420. The van der Waals surface area contributed by atoms with E-state index in [1.807, 2.05) is 6.92 Å². The second kappa shape index (κ2) is 8.78. The number of hydrogen-bond acceptors (Lipinski definition) is 4. The van der Waals surface area contributed by atoms with Crippen LogP contribution in [0.2, 0.25) is 0 Å². The Morgan fingerprint density at radius 2 is 1.89 bits per heavy atom. The fraction of sp³-hybridized carbons (Fsp3) is 0.727. The molecule has 1 amide bonds. The van der Waals surface area contributed by atoms with Crippen molar-refractivity contribution in [3.05, 3.63) is 22.5 Å². The zero-order valence-corrected chi connectivity index (χ0v) is 18.5. The van der Waals surface area contributed by atoms with Crippen molar-refractivity contribution in [2.45, 2.75) is 73.0 Å². The van der Waals surface area contributed by atoms with Crippen LogP contribution in [0.4, 0.5) is 0 Å². The van der Waals surface area contributed by atoms with Gasteiger partial charge in [0.1, 0.15) is 5.69 Å². The molecule has 0 atom stereocenters. The summed E-state index contributed by atoms with van der Waals surface area (Å²) in [6, 6.07) is 0. The van der Waals surface area contributed by atoms with Crippen LogP contribution in [0.5, 0.6) is 0 Å². The normalized spacial score (nSPS) is 16.4. The van der Waals surface area contributed by atoms with Gasteiger partial charge >= 0.3 is 0 Å². The van der Waals surface area contributed by atoms with Crippen molar-refractivity contribution < 1.29 is 19.1 Å². The van der Waals surface area contributed by atoms with E-state index < -0.39 is 0 Å². The van der Waals surface area contributed by atoms with Gasteiger partial charge in [0.15, 0.2) is 12.1 Å². The van der Waals surface area contributed by atoms with Gasteiger partial charge in [0, 0.05) is 38.4 Å². The maximum atomic E-state index is 12.8. The van der Waals surface area contributed by atoms with Crippen LogP contribution in [0.15, 0.2) is 0 Å². The molecule has 0 saturated carbocycles. The number of carbonyl (C=O) groups is 2. The average Bonchev–Trinajstić information content (AvgIpc) is 2.92. The van der Waals surface area contributed by atoms with E-state index in [1.54, 1.807) is 14.2 Å². The molecule has 6 heteroatoms. The van der Waals surface area contributed by atoms with Crippen LogP contribution in [-0.2, 0) is 15.9 Å². The highest BCUT2D eigenvalue weighted by Crippen LogP contribution is 2.36. The summed E-state index contributed by atoms with van der Waals surface area (Å²) in [7, 11) is 3.29. The molecule has 2 N–H and O–H groups in total. The van der Waals surface area contributed by atoms with Crippen molar-refractivity contribution in [3.63, 3.8) is 0 Å². The minimum atomic E-state index is -0.180. The topological polar surface area (TPSA) is 80.4 Å². The molecule has 0 aromatic carbocycles. The Bertz CT molecular complexity index is 714.